The van der Waals surface area contributed by atoms with Crippen LogP contribution in [-0.2, 0) is 4.74 Å². The second kappa shape index (κ2) is 2.64. The highest BCUT2D eigenvalue weighted by Crippen LogP contribution is 2.47. The molecule has 2 rings (SSSR count). The van der Waals surface area contributed by atoms with Crippen LogP contribution < -0.4 is 5.32 Å². The van der Waals surface area contributed by atoms with Gasteiger partial charge in [-0.3, -0.25) is 0 Å². The molecule has 0 saturated heterocycles. The Bertz CT molecular complexity index is 195. The second-order valence-corrected chi connectivity index (χ2v) is 4.04. The smallest absolute Gasteiger partial charge is 0.407 e. The molecule has 1 N–H and O–H groups in total. The summed E-state index contributed by atoms with van der Waals surface area (Å²) in [6.45, 7) is 0. The van der Waals surface area contributed by atoms with Crippen molar-refractivity contribution in [3.05, 3.63) is 0 Å². The van der Waals surface area contributed by atoms with Crippen LogP contribution in [0.25, 0.3) is 0 Å². The van der Waals surface area contributed by atoms with E-state index < -0.39 is 0 Å². The Morgan fingerprint density at radius 2 is 2.17 bits per heavy atom. The predicted octanol–water partition coefficient (Wildman–Crippen LogP) is 1.68. The Hall–Kier alpha value is -0.730. The van der Waals surface area contributed by atoms with Crippen molar-refractivity contribution in [3.8, 4) is 0 Å². The molecule has 0 atom stereocenters. The van der Waals surface area contributed by atoms with Crippen LogP contribution >= 0.6 is 0 Å². The fraction of sp³-hybridized carbons (Fsp3) is 0.889. The third-order valence-electron chi connectivity index (χ3n) is 3.29. The van der Waals surface area contributed by atoms with Crippen molar-refractivity contribution in [1.82, 2.24) is 5.32 Å². The van der Waals surface area contributed by atoms with E-state index in [0.29, 0.717) is 0 Å². The van der Waals surface area contributed by atoms with E-state index in [1.54, 1.807) is 0 Å². The second-order valence-electron chi connectivity index (χ2n) is 4.04. The molecule has 2 saturated carbocycles. The van der Waals surface area contributed by atoms with Crippen LogP contribution in [0.2, 0.25) is 0 Å². The van der Waals surface area contributed by atoms with Gasteiger partial charge in [-0.25, -0.2) is 4.79 Å². The number of fused-ring (bicyclic) bond motifs is 2. The van der Waals surface area contributed by atoms with Crippen molar-refractivity contribution in [2.75, 3.05) is 7.11 Å². The van der Waals surface area contributed by atoms with E-state index in [9.17, 15) is 4.79 Å². The summed E-state index contributed by atoms with van der Waals surface area (Å²) in [5.41, 5.74) is 0.109. The maximum Gasteiger partial charge on any atom is 0.407 e. The molecule has 12 heavy (non-hydrogen) atoms. The predicted molar refractivity (Wildman–Crippen MR) is 44.8 cm³/mol. The Kier molecular flexibility index (Phi) is 1.74. The summed E-state index contributed by atoms with van der Waals surface area (Å²) in [4.78, 5) is 11.0. The largest absolute Gasteiger partial charge is 0.453 e. The lowest BCUT2D eigenvalue weighted by molar-refractivity contribution is 0.155. The van der Waals surface area contributed by atoms with Crippen LogP contribution in [0.15, 0.2) is 0 Å². The summed E-state index contributed by atoms with van der Waals surface area (Å²) in [6, 6.07) is 0. The zero-order chi connectivity index (χ0) is 8.60. The van der Waals surface area contributed by atoms with E-state index in [0.717, 1.165) is 18.8 Å². The average molecular weight is 169 g/mol. The van der Waals surface area contributed by atoms with Gasteiger partial charge in [-0.05, 0) is 38.0 Å². The molecule has 2 fully saturated rings. The van der Waals surface area contributed by atoms with Gasteiger partial charge in [0.1, 0.15) is 0 Å². The van der Waals surface area contributed by atoms with E-state index >= 15 is 0 Å². The first-order valence-corrected chi connectivity index (χ1v) is 4.60. The molecule has 3 nitrogen and oxygen atoms in total. The molecule has 0 aromatic carbocycles. The van der Waals surface area contributed by atoms with Crippen LogP contribution in [0.4, 0.5) is 4.79 Å². The first-order valence-electron chi connectivity index (χ1n) is 4.60. The lowest BCUT2D eigenvalue weighted by Gasteiger charge is -2.26. The van der Waals surface area contributed by atoms with Gasteiger partial charge in [0.15, 0.2) is 0 Å². The van der Waals surface area contributed by atoms with Gasteiger partial charge in [0.05, 0.1) is 7.11 Å². The van der Waals surface area contributed by atoms with Gasteiger partial charge in [-0.1, -0.05) is 0 Å². The van der Waals surface area contributed by atoms with Crippen LogP contribution in [0.5, 0.6) is 0 Å². The first-order chi connectivity index (χ1) is 5.74. The number of rotatable bonds is 1. The minimum absolute atomic E-state index is 0.109. The quantitative estimate of drug-likeness (QED) is 0.648. The van der Waals surface area contributed by atoms with Crippen LogP contribution in [0.1, 0.15) is 32.1 Å². The highest BCUT2D eigenvalue weighted by molar-refractivity contribution is 5.68. The topological polar surface area (TPSA) is 38.3 Å². The molecule has 0 aromatic heterocycles. The van der Waals surface area contributed by atoms with Crippen molar-refractivity contribution in [1.29, 1.82) is 0 Å². The van der Waals surface area contributed by atoms with Gasteiger partial charge in [0.25, 0.3) is 0 Å². The molecule has 2 bridgehead atoms. The number of carbonyl (C=O) groups excluding carboxylic acids is 1. The SMILES string of the molecule is COC(=O)NC12CCC(CC1)C2. The van der Waals surface area contributed by atoms with Crippen LogP contribution in [-0.4, -0.2) is 18.7 Å². The lowest BCUT2D eigenvalue weighted by Crippen LogP contribution is -2.44. The van der Waals surface area contributed by atoms with E-state index in [2.05, 4.69) is 10.1 Å². The van der Waals surface area contributed by atoms with Gasteiger partial charge in [-0.15, -0.1) is 0 Å². The van der Waals surface area contributed by atoms with E-state index in [-0.39, 0.29) is 11.6 Å². The lowest BCUT2D eigenvalue weighted by atomic mass is 9.94. The molecule has 0 aliphatic heterocycles. The summed E-state index contributed by atoms with van der Waals surface area (Å²) >= 11 is 0. The van der Waals surface area contributed by atoms with E-state index in [4.69, 9.17) is 0 Å². The monoisotopic (exact) mass is 169 g/mol. The number of nitrogens with one attached hydrogen (secondary N) is 1. The molecule has 2 aliphatic rings. The van der Waals surface area contributed by atoms with E-state index in [1.807, 2.05) is 0 Å². The van der Waals surface area contributed by atoms with Gasteiger partial charge in [-0.2, -0.15) is 0 Å². The van der Waals surface area contributed by atoms with Crippen molar-refractivity contribution < 1.29 is 9.53 Å². The van der Waals surface area contributed by atoms with Crippen LogP contribution in [0, 0.1) is 5.92 Å². The summed E-state index contributed by atoms with van der Waals surface area (Å²) in [7, 11) is 1.42. The Morgan fingerprint density at radius 1 is 1.50 bits per heavy atom. The number of hydrogen-bond acceptors (Lipinski definition) is 2. The molecular weight excluding hydrogens is 154 g/mol. The highest BCUT2D eigenvalue weighted by atomic mass is 16.5. The Labute approximate surface area is 72.5 Å². The van der Waals surface area contributed by atoms with E-state index in [1.165, 1.54) is 26.4 Å². The number of carbonyl (C=O) groups is 1. The molecule has 2 aliphatic carbocycles. The fourth-order valence-electron chi connectivity index (χ4n) is 2.63. The number of hydrogen-bond donors (Lipinski definition) is 1. The molecule has 3 heteroatoms. The normalized spacial score (nSPS) is 38.2. The zero-order valence-corrected chi connectivity index (χ0v) is 7.43. The molecule has 0 unspecified atom stereocenters. The molecule has 0 heterocycles. The summed E-state index contributed by atoms with van der Waals surface area (Å²) in [6.07, 6.45) is 5.76. The Morgan fingerprint density at radius 3 is 2.58 bits per heavy atom. The van der Waals surface area contributed by atoms with Gasteiger partial charge >= 0.3 is 6.09 Å². The summed E-state index contributed by atoms with van der Waals surface area (Å²) in [5, 5.41) is 2.97. The van der Waals surface area contributed by atoms with Gasteiger partial charge in [0.2, 0.25) is 0 Å². The Balaban J connectivity index is 1.98. The minimum Gasteiger partial charge on any atom is -0.453 e. The molecule has 0 radical (unpaired) electrons. The number of alkyl carbamates (subject to hydrolysis) is 1. The van der Waals surface area contributed by atoms with Crippen molar-refractivity contribution in [3.63, 3.8) is 0 Å². The average Bonchev–Trinajstić information content (AvgIpc) is 2.63. The molecule has 0 aromatic rings. The molecule has 68 valence electrons. The molecular formula is C9H15NO2. The molecule has 0 spiro atoms. The zero-order valence-electron chi connectivity index (χ0n) is 7.43. The molecule has 1 amide bonds. The van der Waals surface area contributed by atoms with Crippen molar-refractivity contribution in [2.45, 2.75) is 37.6 Å². The minimum atomic E-state index is -0.266. The number of ether oxygens (including phenoxy) is 1. The highest BCUT2D eigenvalue weighted by Gasteiger charge is 2.45. The number of amides is 1. The van der Waals surface area contributed by atoms with Crippen molar-refractivity contribution >= 4 is 6.09 Å². The standard InChI is InChI=1S/C9H15NO2/c1-12-8(11)10-9-4-2-7(6-9)3-5-9/h7H,2-6H2,1H3,(H,10,11). The van der Waals surface area contributed by atoms with Gasteiger partial charge in [0, 0.05) is 5.54 Å². The third kappa shape index (κ3) is 1.17. The van der Waals surface area contributed by atoms with Gasteiger partial charge < -0.3 is 10.1 Å². The third-order valence-corrected chi connectivity index (χ3v) is 3.29. The fourth-order valence-corrected chi connectivity index (χ4v) is 2.63. The summed E-state index contributed by atoms with van der Waals surface area (Å²) < 4.78 is 4.61. The van der Waals surface area contributed by atoms with Crippen molar-refractivity contribution in [2.24, 2.45) is 5.92 Å². The first kappa shape index (κ1) is 7.90. The maximum absolute atomic E-state index is 11.0. The summed E-state index contributed by atoms with van der Waals surface area (Å²) in [5.74, 6) is 0.863. The van der Waals surface area contributed by atoms with Crippen LogP contribution in [0.3, 0.4) is 0 Å². The number of methoxy groups -OCH3 is 1. The maximum atomic E-state index is 11.0.